The van der Waals surface area contributed by atoms with E-state index in [1.807, 2.05) is 31.2 Å². The molecule has 4 aromatic rings. The van der Waals surface area contributed by atoms with Crippen LogP contribution in [0.5, 0.6) is 0 Å². The van der Waals surface area contributed by atoms with Crippen LogP contribution in [0.25, 0.3) is 17.0 Å². The van der Waals surface area contributed by atoms with Crippen LogP contribution in [0.4, 0.5) is 10.1 Å². The number of alkyl halides is 2. The van der Waals surface area contributed by atoms with Gasteiger partial charge >= 0.3 is 0 Å². The van der Waals surface area contributed by atoms with Crippen molar-refractivity contribution < 1.29 is 23.6 Å². The Kier molecular flexibility index (Phi) is 7.28. The van der Waals surface area contributed by atoms with E-state index in [4.69, 9.17) is 9.26 Å². The number of aliphatic hydroxyl groups is 1. The number of pyridine rings is 1. The predicted octanol–water partition coefficient (Wildman–Crippen LogP) is 4.86. The van der Waals surface area contributed by atoms with E-state index in [9.17, 15) is 14.3 Å². The molecule has 0 spiro atoms. The van der Waals surface area contributed by atoms with Crippen molar-refractivity contribution in [2.45, 2.75) is 51.0 Å². The molecule has 1 saturated carbocycles. The molecule has 1 aliphatic rings. The summed E-state index contributed by atoms with van der Waals surface area (Å²) in [5.74, 6) is 0.0162. The summed E-state index contributed by atoms with van der Waals surface area (Å²) in [7, 11) is 0. The summed E-state index contributed by atoms with van der Waals surface area (Å²) in [5, 5.41) is 17.2. The smallest absolute Gasteiger partial charge is 0.274 e. The number of imidazole rings is 1. The van der Waals surface area contributed by atoms with Gasteiger partial charge in [-0.2, -0.15) is 4.98 Å². The number of hydrogen-bond acceptors (Lipinski definition) is 7. The molecule has 1 fully saturated rings. The minimum atomic E-state index is -0.919. The second-order valence-corrected chi connectivity index (χ2v) is 10.7. The van der Waals surface area contributed by atoms with Crippen molar-refractivity contribution in [2.24, 2.45) is 0 Å². The number of nitrogens with one attached hydrogen (secondary N) is 1. The zero-order valence-electron chi connectivity index (χ0n) is 20.4. The van der Waals surface area contributed by atoms with Crippen LogP contribution in [0.3, 0.4) is 0 Å². The Balaban J connectivity index is 1.28. The third-order valence-corrected chi connectivity index (χ3v) is 6.88. The molecule has 3 heterocycles. The van der Waals surface area contributed by atoms with Crippen LogP contribution >= 0.6 is 22.6 Å². The number of ether oxygens (including phenoxy) is 1. The lowest BCUT2D eigenvalue weighted by Gasteiger charge is -2.21. The van der Waals surface area contributed by atoms with Gasteiger partial charge in [-0.25, -0.2) is 9.37 Å². The molecule has 5 rings (SSSR count). The molecule has 1 aliphatic carbocycles. The van der Waals surface area contributed by atoms with Gasteiger partial charge in [-0.05, 0) is 56.0 Å². The van der Waals surface area contributed by atoms with Crippen LogP contribution in [-0.4, -0.2) is 53.3 Å². The Morgan fingerprint density at radius 1 is 1.38 bits per heavy atom. The second kappa shape index (κ2) is 10.5. The first-order valence-corrected chi connectivity index (χ1v) is 13.5. The highest BCUT2D eigenvalue weighted by Gasteiger charge is 2.43. The van der Waals surface area contributed by atoms with E-state index >= 15 is 0 Å². The summed E-state index contributed by atoms with van der Waals surface area (Å²) in [6, 6.07) is 9.17. The van der Waals surface area contributed by atoms with Crippen molar-refractivity contribution >= 4 is 39.8 Å². The number of amides is 1. The summed E-state index contributed by atoms with van der Waals surface area (Å²) >= 11 is 2.23. The summed E-state index contributed by atoms with van der Waals surface area (Å²) in [5.41, 5.74) is 3.14. The number of benzene rings is 1. The number of aryl methyl sites for hydroxylation is 1. The van der Waals surface area contributed by atoms with Gasteiger partial charge in [-0.3, -0.25) is 9.20 Å². The van der Waals surface area contributed by atoms with Gasteiger partial charge in [0.15, 0.2) is 0 Å². The fourth-order valence-corrected chi connectivity index (χ4v) is 5.11. The Bertz CT molecular complexity index is 1440. The SMILES string of the molecule is Cc1ccc(-c2noc([C@H]3C[C@@H]3F)n2)cc1NC(=O)c1cnc2cc(COCC(C)(O)CCI)ccn12. The Morgan fingerprint density at radius 2 is 2.19 bits per heavy atom. The number of halogens is 2. The third-order valence-electron chi connectivity index (χ3n) is 6.34. The van der Waals surface area contributed by atoms with Crippen LogP contribution in [-0.2, 0) is 11.3 Å². The molecule has 2 N–H and O–H groups in total. The van der Waals surface area contributed by atoms with E-state index in [-0.39, 0.29) is 18.4 Å². The molecule has 0 aliphatic heterocycles. The van der Waals surface area contributed by atoms with Gasteiger partial charge in [0.2, 0.25) is 11.7 Å². The van der Waals surface area contributed by atoms with Crippen molar-refractivity contribution in [1.29, 1.82) is 0 Å². The van der Waals surface area contributed by atoms with E-state index < -0.39 is 11.8 Å². The summed E-state index contributed by atoms with van der Waals surface area (Å²) < 4.78 is 26.8. The van der Waals surface area contributed by atoms with E-state index in [0.717, 1.165) is 15.6 Å². The van der Waals surface area contributed by atoms with Crippen LogP contribution in [0.2, 0.25) is 0 Å². The molecule has 11 heteroatoms. The maximum Gasteiger partial charge on any atom is 0.274 e. The van der Waals surface area contributed by atoms with Crippen molar-refractivity contribution in [3.63, 3.8) is 0 Å². The Hall–Kier alpha value is -2.90. The fourth-order valence-electron chi connectivity index (χ4n) is 3.95. The standard InChI is InChI=1S/C26H27FIN5O4/c1-15-3-4-17(23-31-25(37-32-23)18-11-19(18)27)10-20(15)30-24(34)21-12-29-22-9-16(5-8-33(21)22)13-36-14-26(2,35)6-7-28/h3-5,8-10,12,18-19,35H,6-7,11,13-14H2,1-2H3,(H,30,34)/t18-,19-,26?/m0/s1. The maximum absolute atomic E-state index is 13.3. The quantitative estimate of drug-likeness (QED) is 0.193. The number of aromatic nitrogens is 4. The van der Waals surface area contributed by atoms with Gasteiger partial charge in [0, 0.05) is 21.9 Å². The minimum absolute atomic E-state index is 0.240. The normalized spacial score (nSPS) is 18.6. The highest BCUT2D eigenvalue weighted by molar-refractivity contribution is 14.1. The molecule has 3 atom stereocenters. The first kappa shape index (κ1) is 25.7. The molecular formula is C26H27FIN5O4. The first-order chi connectivity index (χ1) is 17.7. The Labute approximate surface area is 226 Å². The lowest BCUT2D eigenvalue weighted by molar-refractivity contribution is -0.0402. The minimum Gasteiger partial charge on any atom is -0.388 e. The van der Waals surface area contributed by atoms with Crippen molar-refractivity contribution in [3.05, 3.63) is 65.4 Å². The largest absolute Gasteiger partial charge is 0.388 e. The topological polar surface area (TPSA) is 115 Å². The van der Waals surface area contributed by atoms with Gasteiger partial charge in [0.05, 0.1) is 30.9 Å². The summed E-state index contributed by atoms with van der Waals surface area (Å²) in [4.78, 5) is 21.8. The zero-order chi connectivity index (χ0) is 26.2. The maximum atomic E-state index is 13.3. The average molecular weight is 619 g/mol. The van der Waals surface area contributed by atoms with Crippen molar-refractivity contribution in [3.8, 4) is 11.4 Å². The number of rotatable bonds is 10. The van der Waals surface area contributed by atoms with E-state index in [2.05, 4.69) is 43.0 Å². The molecule has 37 heavy (non-hydrogen) atoms. The average Bonchev–Trinajstić information content (AvgIpc) is 3.22. The van der Waals surface area contributed by atoms with Crippen LogP contribution in [0.15, 0.2) is 47.2 Å². The van der Waals surface area contributed by atoms with Gasteiger partial charge in [0.25, 0.3) is 5.91 Å². The molecular weight excluding hydrogens is 592 g/mol. The number of carbonyl (C=O) groups is 1. The highest BCUT2D eigenvalue weighted by atomic mass is 127. The van der Waals surface area contributed by atoms with Gasteiger partial charge in [0.1, 0.15) is 17.5 Å². The van der Waals surface area contributed by atoms with E-state index in [0.29, 0.717) is 53.8 Å². The van der Waals surface area contributed by atoms with Gasteiger partial charge < -0.3 is 19.7 Å². The predicted molar refractivity (Wildman–Crippen MR) is 144 cm³/mol. The molecule has 194 valence electrons. The molecule has 1 amide bonds. The number of anilines is 1. The monoisotopic (exact) mass is 619 g/mol. The fraction of sp³-hybridized carbons (Fsp3) is 0.385. The third kappa shape index (κ3) is 5.83. The molecule has 1 aromatic carbocycles. The molecule has 0 bridgehead atoms. The van der Waals surface area contributed by atoms with E-state index in [1.165, 1.54) is 6.20 Å². The highest BCUT2D eigenvalue weighted by Crippen LogP contribution is 2.43. The second-order valence-electron chi connectivity index (χ2n) is 9.63. The molecule has 1 unspecified atom stereocenters. The van der Waals surface area contributed by atoms with E-state index in [1.54, 1.807) is 23.6 Å². The lowest BCUT2D eigenvalue weighted by atomic mass is 10.1. The molecule has 0 radical (unpaired) electrons. The molecule has 9 nitrogen and oxygen atoms in total. The zero-order valence-corrected chi connectivity index (χ0v) is 22.6. The van der Waals surface area contributed by atoms with Crippen molar-refractivity contribution in [2.75, 3.05) is 16.4 Å². The molecule has 3 aromatic heterocycles. The van der Waals surface area contributed by atoms with Crippen LogP contribution in [0, 0.1) is 6.92 Å². The van der Waals surface area contributed by atoms with Gasteiger partial charge in [-0.1, -0.05) is 39.9 Å². The molecule has 0 saturated heterocycles. The summed E-state index contributed by atoms with van der Waals surface area (Å²) in [6.45, 7) is 4.22. The lowest BCUT2D eigenvalue weighted by Crippen LogP contribution is -2.30. The number of hydrogen-bond donors (Lipinski definition) is 2. The number of fused-ring (bicyclic) bond motifs is 1. The van der Waals surface area contributed by atoms with Crippen molar-refractivity contribution in [1.82, 2.24) is 19.5 Å². The number of nitrogens with zero attached hydrogens (tertiary/aromatic N) is 4. The summed E-state index contributed by atoms with van der Waals surface area (Å²) in [6.07, 6.45) is 3.44. The van der Waals surface area contributed by atoms with Gasteiger partial charge in [-0.15, -0.1) is 0 Å². The first-order valence-electron chi connectivity index (χ1n) is 12.0. The Morgan fingerprint density at radius 3 is 2.95 bits per heavy atom. The van der Waals surface area contributed by atoms with Crippen LogP contribution in [0.1, 0.15) is 53.2 Å². The van der Waals surface area contributed by atoms with Crippen LogP contribution < -0.4 is 5.32 Å². The number of carbonyl (C=O) groups excluding carboxylic acids is 1.